The Kier molecular flexibility index (Phi) is 8.04. The van der Waals surface area contributed by atoms with Crippen molar-refractivity contribution >= 4 is 0 Å². The molecule has 0 unspecified atom stereocenters. The normalized spacial score (nSPS) is 11.3. The molecule has 4 nitrogen and oxygen atoms in total. The molecule has 0 aliphatic heterocycles. The lowest BCUT2D eigenvalue weighted by molar-refractivity contribution is 0.0000786. The monoisotopic (exact) mass is 515 g/mol. The highest BCUT2D eigenvalue weighted by molar-refractivity contribution is 5.60. The van der Waals surface area contributed by atoms with Crippen molar-refractivity contribution in [3.8, 4) is 22.8 Å². The maximum absolute atomic E-state index is 6.98. The minimum Gasteiger partial charge on any atom is -0.497 e. The molecule has 5 aromatic rings. The van der Waals surface area contributed by atoms with E-state index in [4.69, 9.17) is 19.2 Å². The van der Waals surface area contributed by atoms with E-state index in [-0.39, 0.29) is 0 Å². The number of hydrogen-bond acceptors (Lipinski definition) is 4. The van der Waals surface area contributed by atoms with Gasteiger partial charge in [-0.1, -0.05) is 85.8 Å². The van der Waals surface area contributed by atoms with Crippen molar-refractivity contribution in [2.24, 2.45) is 0 Å². The van der Waals surface area contributed by atoms with Crippen LogP contribution in [0, 0.1) is 0 Å². The van der Waals surface area contributed by atoms with Gasteiger partial charge in [0.15, 0.2) is 0 Å². The van der Waals surface area contributed by atoms with Crippen molar-refractivity contribution in [2.75, 3.05) is 14.2 Å². The van der Waals surface area contributed by atoms with Crippen LogP contribution in [0.3, 0.4) is 0 Å². The lowest BCUT2D eigenvalue weighted by atomic mass is 9.80. The number of ether oxygens (including phenoxy) is 3. The molecule has 196 valence electrons. The number of methoxy groups -OCH3 is 2. The topological polar surface area (TPSA) is 40.6 Å². The van der Waals surface area contributed by atoms with Crippen LogP contribution in [-0.4, -0.2) is 19.2 Å². The third-order valence-electron chi connectivity index (χ3n) is 7.08. The first-order chi connectivity index (χ1) is 19.2. The Balaban J connectivity index is 1.55. The molecule has 0 bridgehead atoms. The van der Waals surface area contributed by atoms with Crippen LogP contribution in [0.4, 0.5) is 0 Å². The first kappa shape index (κ1) is 26.2. The molecule has 4 heteroatoms. The Morgan fingerprint density at radius 1 is 0.615 bits per heavy atom. The Morgan fingerprint density at radius 2 is 1.23 bits per heavy atom. The molecule has 0 aliphatic rings. The van der Waals surface area contributed by atoms with Gasteiger partial charge in [0.1, 0.15) is 17.1 Å². The average molecular weight is 516 g/mol. The minimum atomic E-state index is -0.867. The molecule has 0 fully saturated rings. The van der Waals surface area contributed by atoms with E-state index in [0.717, 1.165) is 51.4 Å². The Bertz CT molecular complexity index is 1430. The second-order valence-electron chi connectivity index (χ2n) is 9.40. The summed E-state index contributed by atoms with van der Waals surface area (Å²) in [6, 6.07) is 39.2. The van der Waals surface area contributed by atoms with Gasteiger partial charge in [0.05, 0.1) is 26.5 Å². The summed E-state index contributed by atoms with van der Waals surface area (Å²) in [6.07, 6.45) is 2.91. The summed E-state index contributed by atoms with van der Waals surface area (Å²) in [4.78, 5) is 4.78. The van der Waals surface area contributed by atoms with Gasteiger partial charge in [0.25, 0.3) is 0 Å². The zero-order chi connectivity index (χ0) is 27.1. The third-order valence-corrected chi connectivity index (χ3v) is 7.08. The van der Waals surface area contributed by atoms with E-state index in [9.17, 15) is 0 Å². The van der Waals surface area contributed by atoms with Crippen LogP contribution in [0.1, 0.15) is 34.7 Å². The molecule has 0 N–H and O–H groups in total. The molecule has 0 spiro atoms. The summed E-state index contributed by atoms with van der Waals surface area (Å²) in [5, 5.41) is 0. The lowest BCUT2D eigenvalue weighted by Crippen LogP contribution is -2.32. The smallest absolute Gasteiger partial charge is 0.144 e. The highest BCUT2D eigenvalue weighted by atomic mass is 16.5. The van der Waals surface area contributed by atoms with Crippen molar-refractivity contribution in [3.63, 3.8) is 0 Å². The summed E-state index contributed by atoms with van der Waals surface area (Å²) in [7, 11) is 3.35. The third kappa shape index (κ3) is 5.57. The molecule has 39 heavy (non-hydrogen) atoms. The molecule has 0 atom stereocenters. The molecule has 0 aliphatic carbocycles. The van der Waals surface area contributed by atoms with Gasteiger partial charge in [0.2, 0.25) is 0 Å². The van der Waals surface area contributed by atoms with Crippen LogP contribution in [-0.2, 0) is 23.4 Å². The standard InChI is InChI=1S/C35H33NO3/c1-4-26-9-8-10-28(23-26)34-22-13-27(24-36-34)25-39-35(29-11-6-5-7-12-29,30-14-18-32(37-2)19-15-30)31-16-20-33(38-3)21-17-31/h5-24H,4,25H2,1-3H3. The van der Waals surface area contributed by atoms with Crippen LogP contribution in [0.5, 0.6) is 11.5 Å². The fourth-order valence-corrected chi connectivity index (χ4v) is 4.90. The number of nitrogens with zero attached hydrogens (tertiary/aromatic N) is 1. The van der Waals surface area contributed by atoms with Gasteiger partial charge in [0, 0.05) is 11.8 Å². The van der Waals surface area contributed by atoms with Gasteiger partial charge in [-0.2, -0.15) is 0 Å². The minimum absolute atomic E-state index is 0.370. The van der Waals surface area contributed by atoms with Crippen molar-refractivity contribution in [1.29, 1.82) is 0 Å². The molecule has 1 aromatic heterocycles. The maximum Gasteiger partial charge on any atom is 0.144 e. The molecule has 0 radical (unpaired) electrons. The van der Waals surface area contributed by atoms with Crippen LogP contribution in [0.25, 0.3) is 11.3 Å². The molecule has 0 saturated heterocycles. The number of benzene rings is 4. The fourth-order valence-electron chi connectivity index (χ4n) is 4.90. The number of hydrogen-bond donors (Lipinski definition) is 0. The first-order valence-electron chi connectivity index (χ1n) is 13.2. The van der Waals surface area contributed by atoms with Gasteiger partial charge >= 0.3 is 0 Å². The summed E-state index contributed by atoms with van der Waals surface area (Å²) >= 11 is 0. The zero-order valence-electron chi connectivity index (χ0n) is 22.6. The van der Waals surface area contributed by atoms with E-state index in [1.54, 1.807) is 14.2 Å². The van der Waals surface area contributed by atoms with E-state index in [1.807, 2.05) is 48.7 Å². The Morgan fingerprint density at radius 3 is 1.77 bits per heavy atom. The second kappa shape index (κ2) is 12.0. The first-order valence-corrected chi connectivity index (χ1v) is 13.2. The number of pyridine rings is 1. The highest BCUT2D eigenvalue weighted by Crippen LogP contribution is 2.42. The summed E-state index contributed by atoms with van der Waals surface area (Å²) < 4.78 is 17.9. The predicted molar refractivity (Wildman–Crippen MR) is 156 cm³/mol. The van der Waals surface area contributed by atoms with E-state index < -0.39 is 5.60 Å². The summed E-state index contributed by atoms with van der Waals surface area (Å²) in [6.45, 7) is 2.53. The Labute approximate surface area is 230 Å². The SMILES string of the molecule is CCc1cccc(-c2ccc(COC(c3ccccc3)(c3ccc(OC)cc3)c3ccc(OC)cc3)cn2)c1. The van der Waals surface area contributed by atoms with E-state index in [0.29, 0.717) is 6.61 Å². The molecule has 4 aromatic carbocycles. The fraction of sp³-hybridized carbons (Fsp3) is 0.171. The summed E-state index contributed by atoms with van der Waals surface area (Å²) in [5.74, 6) is 1.59. The second-order valence-corrected chi connectivity index (χ2v) is 9.40. The van der Waals surface area contributed by atoms with Crippen LogP contribution >= 0.6 is 0 Å². The van der Waals surface area contributed by atoms with Gasteiger partial charge in [-0.05, 0) is 70.6 Å². The van der Waals surface area contributed by atoms with E-state index in [1.165, 1.54) is 5.56 Å². The lowest BCUT2D eigenvalue weighted by Gasteiger charge is -2.36. The zero-order valence-corrected chi connectivity index (χ0v) is 22.6. The van der Waals surface area contributed by atoms with Crippen LogP contribution in [0.15, 0.2) is 121 Å². The summed E-state index contributed by atoms with van der Waals surface area (Å²) in [5.41, 5.74) is 6.53. The molecule has 5 rings (SSSR count). The number of aromatic nitrogens is 1. The van der Waals surface area contributed by atoms with Crippen molar-refractivity contribution in [2.45, 2.75) is 25.6 Å². The molecule has 0 saturated carbocycles. The number of rotatable bonds is 10. The van der Waals surface area contributed by atoms with Gasteiger partial charge in [-0.25, -0.2) is 0 Å². The average Bonchev–Trinajstić information content (AvgIpc) is 3.02. The maximum atomic E-state index is 6.98. The van der Waals surface area contributed by atoms with Gasteiger partial charge < -0.3 is 14.2 Å². The predicted octanol–water partition coefficient (Wildman–Crippen LogP) is 7.84. The van der Waals surface area contributed by atoms with Crippen molar-refractivity contribution in [1.82, 2.24) is 4.98 Å². The number of aryl methyl sites for hydroxylation is 1. The molecule has 0 amide bonds. The van der Waals surface area contributed by atoms with Crippen LogP contribution < -0.4 is 9.47 Å². The van der Waals surface area contributed by atoms with Crippen molar-refractivity contribution in [3.05, 3.63) is 149 Å². The highest BCUT2D eigenvalue weighted by Gasteiger charge is 2.38. The largest absolute Gasteiger partial charge is 0.497 e. The molecule has 1 heterocycles. The van der Waals surface area contributed by atoms with Crippen molar-refractivity contribution < 1.29 is 14.2 Å². The quantitative estimate of drug-likeness (QED) is 0.178. The van der Waals surface area contributed by atoms with Crippen LogP contribution in [0.2, 0.25) is 0 Å². The van der Waals surface area contributed by atoms with Gasteiger partial charge in [-0.15, -0.1) is 0 Å². The molecular weight excluding hydrogens is 482 g/mol. The molecular formula is C35H33NO3. The van der Waals surface area contributed by atoms with E-state index in [2.05, 4.69) is 79.7 Å². The van der Waals surface area contributed by atoms with Gasteiger partial charge in [-0.3, -0.25) is 4.98 Å². The Hall–Kier alpha value is -4.41. The van der Waals surface area contributed by atoms with E-state index >= 15 is 0 Å².